The van der Waals surface area contributed by atoms with Crippen molar-refractivity contribution in [2.24, 2.45) is 5.73 Å². The monoisotopic (exact) mass is 189 g/mol. The fourth-order valence-electron chi connectivity index (χ4n) is 1.98. The molecule has 5 heteroatoms. The zero-order valence-electron chi connectivity index (χ0n) is 7.80. The van der Waals surface area contributed by atoms with Crippen LogP contribution < -0.4 is 5.73 Å². The normalized spacial score (nSPS) is 49.6. The van der Waals surface area contributed by atoms with Gasteiger partial charge in [-0.25, -0.2) is 0 Å². The molecule has 5 atom stereocenters. The Morgan fingerprint density at radius 1 is 1.23 bits per heavy atom. The number of hydrogen-bond donors (Lipinski definition) is 1. The third kappa shape index (κ3) is 1.37. The van der Waals surface area contributed by atoms with Crippen molar-refractivity contribution < 1.29 is 18.9 Å². The number of rotatable bonds is 2. The summed E-state index contributed by atoms with van der Waals surface area (Å²) in [6, 6.07) is -0.270. The summed E-state index contributed by atoms with van der Waals surface area (Å²) in [7, 11) is 3.26. The van der Waals surface area contributed by atoms with Gasteiger partial charge in [-0.1, -0.05) is 0 Å². The largest absolute Gasteiger partial charge is 0.377 e. The number of hydrogen-bond acceptors (Lipinski definition) is 5. The Balaban J connectivity index is 2.15. The third-order valence-electron chi connectivity index (χ3n) is 2.66. The molecular formula is C8H15NO4. The van der Waals surface area contributed by atoms with E-state index in [1.54, 1.807) is 14.2 Å². The van der Waals surface area contributed by atoms with Crippen molar-refractivity contribution in [3.05, 3.63) is 0 Å². The van der Waals surface area contributed by atoms with E-state index in [-0.39, 0.29) is 30.6 Å². The van der Waals surface area contributed by atoms with Crippen LogP contribution >= 0.6 is 0 Å². The molecule has 13 heavy (non-hydrogen) atoms. The Kier molecular flexibility index (Phi) is 2.53. The van der Waals surface area contributed by atoms with Crippen LogP contribution in [0, 0.1) is 0 Å². The molecule has 0 saturated carbocycles. The van der Waals surface area contributed by atoms with Crippen molar-refractivity contribution in [2.75, 3.05) is 20.8 Å². The first kappa shape index (κ1) is 9.36. The van der Waals surface area contributed by atoms with Gasteiger partial charge in [-0.15, -0.1) is 0 Å². The third-order valence-corrected chi connectivity index (χ3v) is 2.66. The van der Waals surface area contributed by atoms with Crippen molar-refractivity contribution >= 4 is 0 Å². The Bertz CT molecular complexity index is 185. The van der Waals surface area contributed by atoms with Crippen LogP contribution in [0.15, 0.2) is 0 Å². The van der Waals surface area contributed by atoms with Gasteiger partial charge in [-0.3, -0.25) is 0 Å². The van der Waals surface area contributed by atoms with Crippen molar-refractivity contribution in [1.82, 2.24) is 0 Å². The molecule has 0 aromatic carbocycles. The fourth-order valence-corrected chi connectivity index (χ4v) is 1.98. The van der Waals surface area contributed by atoms with Crippen molar-refractivity contribution in [3.63, 3.8) is 0 Å². The predicted octanol–water partition coefficient (Wildman–Crippen LogP) is -0.901. The summed E-state index contributed by atoms with van der Waals surface area (Å²) in [5, 5.41) is 0. The van der Waals surface area contributed by atoms with Gasteiger partial charge in [0.25, 0.3) is 0 Å². The van der Waals surface area contributed by atoms with Crippen molar-refractivity contribution in [2.45, 2.75) is 30.6 Å². The number of ether oxygens (including phenoxy) is 4. The highest BCUT2D eigenvalue weighted by atomic mass is 16.7. The maximum absolute atomic E-state index is 5.88. The Labute approximate surface area is 77.1 Å². The second kappa shape index (κ2) is 3.51. The Hall–Kier alpha value is -0.200. The van der Waals surface area contributed by atoms with Gasteiger partial charge in [0.1, 0.15) is 18.3 Å². The van der Waals surface area contributed by atoms with E-state index in [0.29, 0.717) is 6.61 Å². The Morgan fingerprint density at radius 2 is 1.92 bits per heavy atom. The molecule has 2 N–H and O–H groups in total. The molecule has 0 aromatic rings. The molecule has 76 valence electrons. The number of nitrogens with two attached hydrogens (primary N) is 1. The van der Waals surface area contributed by atoms with E-state index in [9.17, 15) is 0 Å². The molecule has 0 aliphatic carbocycles. The summed E-state index contributed by atoms with van der Waals surface area (Å²) in [6.07, 6.45) is -0.643. The summed E-state index contributed by atoms with van der Waals surface area (Å²) in [5.74, 6) is 0. The molecular weight excluding hydrogens is 174 g/mol. The van der Waals surface area contributed by atoms with Crippen LogP contribution in [0.4, 0.5) is 0 Å². The van der Waals surface area contributed by atoms with E-state index in [2.05, 4.69) is 0 Å². The van der Waals surface area contributed by atoms with Crippen LogP contribution in [0.3, 0.4) is 0 Å². The molecule has 2 aliphatic rings. The second-order valence-electron chi connectivity index (χ2n) is 3.35. The van der Waals surface area contributed by atoms with E-state index in [1.165, 1.54) is 0 Å². The van der Waals surface area contributed by atoms with Gasteiger partial charge in [0, 0.05) is 14.2 Å². The molecule has 0 radical (unpaired) electrons. The van der Waals surface area contributed by atoms with Crippen LogP contribution in [0.25, 0.3) is 0 Å². The van der Waals surface area contributed by atoms with E-state index in [1.807, 2.05) is 0 Å². The second-order valence-corrected chi connectivity index (χ2v) is 3.35. The van der Waals surface area contributed by atoms with Crippen LogP contribution in [0.5, 0.6) is 0 Å². The van der Waals surface area contributed by atoms with E-state index in [0.717, 1.165) is 0 Å². The first-order valence-electron chi connectivity index (χ1n) is 4.36. The van der Waals surface area contributed by atoms with Crippen molar-refractivity contribution in [3.8, 4) is 0 Å². The van der Waals surface area contributed by atoms with Crippen LogP contribution in [0.1, 0.15) is 0 Å². The lowest BCUT2D eigenvalue weighted by molar-refractivity contribution is -0.193. The summed E-state index contributed by atoms with van der Waals surface area (Å²) in [6.45, 7) is 0.538. The van der Waals surface area contributed by atoms with Gasteiger partial charge in [-0.2, -0.15) is 0 Å². The highest BCUT2D eigenvalue weighted by Crippen LogP contribution is 2.29. The predicted molar refractivity (Wildman–Crippen MR) is 44.2 cm³/mol. The molecule has 2 heterocycles. The zero-order valence-corrected chi connectivity index (χ0v) is 7.80. The van der Waals surface area contributed by atoms with Gasteiger partial charge in [0.05, 0.1) is 12.6 Å². The first-order chi connectivity index (χ1) is 6.27. The lowest BCUT2D eigenvalue weighted by Gasteiger charge is -2.37. The topological polar surface area (TPSA) is 62.9 Å². The standard InChI is InChI=1S/C8H15NO4/c1-10-6-4-3-12-8(13-4)5(9)7(6)11-2/h4-8H,3,9H2,1-2H3. The average molecular weight is 189 g/mol. The van der Waals surface area contributed by atoms with Gasteiger partial charge in [0.15, 0.2) is 6.29 Å². The van der Waals surface area contributed by atoms with E-state index < -0.39 is 0 Å². The van der Waals surface area contributed by atoms with E-state index in [4.69, 9.17) is 24.7 Å². The average Bonchev–Trinajstić information content (AvgIpc) is 2.57. The molecule has 5 nitrogen and oxygen atoms in total. The summed E-state index contributed by atoms with van der Waals surface area (Å²) >= 11 is 0. The van der Waals surface area contributed by atoms with Gasteiger partial charge < -0.3 is 24.7 Å². The molecule has 2 saturated heterocycles. The fraction of sp³-hybridized carbons (Fsp3) is 1.00. The number of methoxy groups -OCH3 is 2. The SMILES string of the molecule is COC1C2COC(O2)C(N)C1OC. The maximum Gasteiger partial charge on any atom is 0.175 e. The quantitative estimate of drug-likeness (QED) is 0.610. The maximum atomic E-state index is 5.88. The van der Waals surface area contributed by atoms with E-state index >= 15 is 0 Å². The minimum absolute atomic E-state index is 0.0419. The molecule has 2 bridgehead atoms. The van der Waals surface area contributed by atoms with Gasteiger partial charge in [0.2, 0.25) is 0 Å². The Morgan fingerprint density at radius 3 is 2.54 bits per heavy atom. The summed E-state index contributed by atoms with van der Waals surface area (Å²) in [4.78, 5) is 0. The lowest BCUT2D eigenvalue weighted by atomic mass is 9.99. The highest BCUT2D eigenvalue weighted by molar-refractivity contribution is 4.96. The zero-order chi connectivity index (χ0) is 9.42. The molecule has 0 aromatic heterocycles. The minimum atomic E-state index is -0.332. The molecule has 5 unspecified atom stereocenters. The smallest absolute Gasteiger partial charge is 0.175 e. The van der Waals surface area contributed by atoms with Crippen molar-refractivity contribution in [1.29, 1.82) is 0 Å². The van der Waals surface area contributed by atoms with Crippen LogP contribution in [-0.4, -0.2) is 51.5 Å². The molecule has 2 aliphatic heterocycles. The summed E-state index contributed by atoms with van der Waals surface area (Å²) in [5.41, 5.74) is 5.88. The molecule has 0 amide bonds. The van der Waals surface area contributed by atoms with Crippen LogP contribution in [-0.2, 0) is 18.9 Å². The highest BCUT2D eigenvalue weighted by Gasteiger charge is 2.49. The van der Waals surface area contributed by atoms with Crippen LogP contribution in [0.2, 0.25) is 0 Å². The molecule has 0 spiro atoms. The lowest BCUT2D eigenvalue weighted by Crippen LogP contribution is -2.59. The first-order valence-corrected chi connectivity index (χ1v) is 4.36. The summed E-state index contributed by atoms with van der Waals surface area (Å²) < 4.78 is 21.4. The van der Waals surface area contributed by atoms with Gasteiger partial charge in [-0.05, 0) is 0 Å². The minimum Gasteiger partial charge on any atom is -0.377 e. The number of fused-ring (bicyclic) bond motifs is 2. The molecule has 2 rings (SSSR count). The molecule has 2 fully saturated rings. The van der Waals surface area contributed by atoms with Gasteiger partial charge >= 0.3 is 0 Å².